The number of benzene rings is 1. The molecule has 2 fully saturated rings. The largest absolute Gasteiger partial charge is 0.363 e. The van der Waals surface area contributed by atoms with Crippen molar-refractivity contribution in [3.05, 3.63) is 29.3 Å². The average molecular weight is 244 g/mol. The van der Waals surface area contributed by atoms with Crippen LogP contribution in [-0.4, -0.2) is 25.2 Å². The maximum absolute atomic E-state index is 3.60. The lowest BCUT2D eigenvalue weighted by atomic mass is 9.91. The topological polar surface area (TPSA) is 15.3 Å². The van der Waals surface area contributed by atoms with Gasteiger partial charge in [0.1, 0.15) is 0 Å². The highest BCUT2D eigenvalue weighted by Crippen LogP contribution is 2.39. The van der Waals surface area contributed by atoms with Gasteiger partial charge in [-0.1, -0.05) is 18.9 Å². The van der Waals surface area contributed by atoms with Crippen LogP contribution >= 0.6 is 0 Å². The summed E-state index contributed by atoms with van der Waals surface area (Å²) >= 11 is 0. The summed E-state index contributed by atoms with van der Waals surface area (Å²) in [4.78, 5) is 2.68. The molecule has 1 aliphatic heterocycles. The van der Waals surface area contributed by atoms with E-state index in [1.807, 2.05) is 0 Å². The third kappa shape index (κ3) is 1.93. The van der Waals surface area contributed by atoms with Crippen molar-refractivity contribution in [2.75, 3.05) is 24.5 Å². The zero-order valence-electron chi connectivity index (χ0n) is 11.6. The number of nitrogens with one attached hydrogen (secondary N) is 1. The molecule has 2 heteroatoms. The van der Waals surface area contributed by atoms with Crippen LogP contribution in [-0.2, 0) is 0 Å². The Morgan fingerprint density at radius 3 is 2.61 bits per heavy atom. The van der Waals surface area contributed by atoms with Crippen LogP contribution in [0.4, 0.5) is 5.69 Å². The first-order valence-electron chi connectivity index (χ1n) is 7.27. The Morgan fingerprint density at radius 2 is 1.89 bits per heavy atom. The number of anilines is 1. The highest BCUT2D eigenvalue weighted by Gasteiger charge is 2.41. The molecular weight excluding hydrogens is 220 g/mol. The molecule has 0 unspecified atom stereocenters. The van der Waals surface area contributed by atoms with E-state index in [2.05, 4.69) is 42.3 Å². The molecule has 1 saturated carbocycles. The molecular formula is C16H24N2. The molecule has 98 valence electrons. The number of piperazine rings is 1. The van der Waals surface area contributed by atoms with Gasteiger partial charge >= 0.3 is 0 Å². The van der Waals surface area contributed by atoms with Gasteiger partial charge in [0.25, 0.3) is 0 Å². The van der Waals surface area contributed by atoms with E-state index in [1.165, 1.54) is 49.0 Å². The molecule has 0 atom stereocenters. The van der Waals surface area contributed by atoms with Gasteiger partial charge in [0, 0.05) is 25.3 Å². The van der Waals surface area contributed by atoms with Gasteiger partial charge in [-0.05, 0) is 49.9 Å². The first-order chi connectivity index (χ1) is 8.71. The molecule has 1 aromatic rings. The van der Waals surface area contributed by atoms with Gasteiger partial charge in [-0.3, -0.25) is 0 Å². The van der Waals surface area contributed by atoms with Crippen molar-refractivity contribution in [1.82, 2.24) is 5.32 Å². The second kappa shape index (κ2) is 4.58. The number of hydrogen-bond donors (Lipinski definition) is 1. The van der Waals surface area contributed by atoms with Gasteiger partial charge < -0.3 is 10.2 Å². The molecule has 0 radical (unpaired) electrons. The molecule has 1 N–H and O–H groups in total. The summed E-state index contributed by atoms with van der Waals surface area (Å²) in [5, 5.41) is 3.60. The second-order valence-corrected chi connectivity index (χ2v) is 6.03. The van der Waals surface area contributed by atoms with Crippen molar-refractivity contribution in [3.63, 3.8) is 0 Å². The van der Waals surface area contributed by atoms with Gasteiger partial charge in [-0.25, -0.2) is 0 Å². The fourth-order valence-corrected chi connectivity index (χ4v) is 3.62. The minimum absolute atomic E-state index is 0.403. The predicted octanol–water partition coefficient (Wildman–Crippen LogP) is 3.03. The van der Waals surface area contributed by atoms with Crippen molar-refractivity contribution in [2.45, 2.75) is 45.1 Å². The van der Waals surface area contributed by atoms with Crippen molar-refractivity contribution in [1.29, 1.82) is 0 Å². The van der Waals surface area contributed by atoms with Gasteiger partial charge in [-0.15, -0.1) is 0 Å². The standard InChI is InChI=1S/C16H24N2/c1-13-5-6-15(11-14(13)2)18-10-9-17-12-16(18)7-3-4-8-16/h5-6,11,17H,3-4,7-10,12H2,1-2H3. The van der Waals surface area contributed by atoms with Crippen LogP contribution in [0.1, 0.15) is 36.8 Å². The summed E-state index contributed by atoms with van der Waals surface area (Å²) in [5.74, 6) is 0. The SMILES string of the molecule is Cc1ccc(N2CCNCC23CCCC3)cc1C. The fourth-order valence-electron chi connectivity index (χ4n) is 3.62. The first kappa shape index (κ1) is 12.0. The average Bonchev–Trinajstić information content (AvgIpc) is 2.83. The fraction of sp³-hybridized carbons (Fsp3) is 0.625. The second-order valence-electron chi connectivity index (χ2n) is 6.03. The molecule has 2 aliphatic rings. The summed E-state index contributed by atoms with van der Waals surface area (Å²) in [5.41, 5.74) is 4.65. The summed E-state index contributed by atoms with van der Waals surface area (Å²) in [6.07, 6.45) is 5.49. The lowest BCUT2D eigenvalue weighted by Gasteiger charge is -2.47. The third-order valence-electron chi connectivity index (χ3n) is 4.88. The monoisotopic (exact) mass is 244 g/mol. The quantitative estimate of drug-likeness (QED) is 0.817. The Hall–Kier alpha value is -1.02. The van der Waals surface area contributed by atoms with E-state index in [9.17, 15) is 0 Å². The molecule has 0 aromatic heterocycles. The lowest BCUT2D eigenvalue weighted by molar-refractivity contribution is 0.332. The molecule has 1 aliphatic carbocycles. The van der Waals surface area contributed by atoms with Crippen molar-refractivity contribution >= 4 is 5.69 Å². The Bertz CT molecular complexity index is 433. The molecule has 2 nitrogen and oxygen atoms in total. The molecule has 1 aromatic carbocycles. The van der Waals surface area contributed by atoms with E-state index in [4.69, 9.17) is 0 Å². The molecule has 1 saturated heterocycles. The maximum Gasteiger partial charge on any atom is 0.0526 e. The summed E-state index contributed by atoms with van der Waals surface area (Å²) in [6, 6.07) is 6.96. The number of hydrogen-bond acceptors (Lipinski definition) is 2. The smallest absolute Gasteiger partial charge is 0.0526 e. The van der Waals surface area contributed by atoms with Crippen molar-refractivity contribution < 1.29 is 0 Å². The molecule has 1 spiro atoms. The van der Waals surface area contributed by atoms with Gasteiger partial charge in [0.15, 0.2) is 0 Å². The van der Waals surface area contributed by atoms with Crippen molar-refractivity contribution in [2.24, 2.45) is 0 Å². The Morgan fingerprint density at radius 1 is 1.11 bits per heavy atom. The molecule has 3 rings (SSSR count). The zero-order valence-corrected chi connectivity index (χ0v) is 11.6. The number of aryl methyl sites for hydroxylation is 2. The van der Waals surface area contributed by atoms with Gasteiger partial charge in [0.05, 0.1) is 5.54 Å². The minimum atomic E-state index is 0.403. The minimum Gasteiger partial charge on any atom is -0.363 e. The van der Waals surface area contributed by atoms with Crippen LogP contribution in [0, 0.1) is 13.8 Å². The molecule has 1 heterocycles. The lowest BCUT2D eigenvalue weighted by Crippen LogP contribution is -2.60. The Labute approximate surface area is 110 Å². The van der Waals surface area contributed by atoms with Crippen LogP contribution in [0.15, 0.2) is 18.2 Å². The Kier molecular flexibility index (Phi) is 3.06. The summed E-state index contributed by atoms with van der Waals surface area (Å²) < 4.78 is 0. The molecule has 0 bridgehead atoms. The van der Waals surface area contributed by atoms with E-state index < -0.39 is 0 Å². The Balaban J connectivity index is 1.94. The van der Waals surface area contributed by atoms with E-state index >= 15 is 0 Å². The van der Waals surface area contributed by atoms with E-state index in [0.29, 0.717) is 5.54 Å². The van der Waals surface area contributed by atoms with Gasteiger partial charge in [-0.2, -0.15) is 0 Å². The zero-order chi connectivity index (χ0) is 12.6. The van der Waals surface area contributed by atoms with Crippen LogP contribution in [0.5, 0.6) is 0 Å². The van der Waals surface area contributed by atoms with E-state index in [1.54, 1.807) is 0 Å². The van der Waals surface area contributed by atoms with E-state index in [-0.39, 0.29) is 0 Å². The summed E-state index contributed by atoms with van der Waals surface area (Å²) in [7, 11) is 0. The summed E-state index contributed by atoms with van der Waals surface area (Å²) in [6.45, 7) is 7.86. The number of nitrogens with zero attached hydrogens (tertiary/aromatic N) is 1. The number of rotatable bonds is 1. The highest BCUT2D eigenvalue weighted by atomic mass is 15.3. The molecule has 18 heavy (non-hydrogen) atoms. The van der Waals surface area contributed by atoms with Crippen molar-refractivity contribution in [3.8, 4) is 0 Å². The van der Waals surface area contributed by atoms with Crippen LogP contribution in [0.3, 0.4) is 0 Å². The first-order valence-corrected chi connectivity index (χ1v) is 7.27. The van der Waals surface area contributed by atoms with Crippen LogP contribution in [0.2, 0.25) is 0 Å². The highest BCUT2D eigenvalue weighted by molar-refractivity contribution is 5.53. The van der Waals surface area contributed by atoms with Crippen LogP contribution < -0.4 is 10.2 Å². The molecule has 0 amide bonds. The predicted molar refractivity (Wildman–Crippen MR) is 77.3 cm³/mol. The normalized spacial score (nSPS) is 22.7. The van der Waals surface area contributed by atoms with Crippen LogP contribution in [0.25, 0.3) is 0 Å². The van der Waals surface area contributed by atoms with E-state index in [0.717, 1.165) is 13.1 Å². The third-order valence-corrected chi connectivity index (χ3v) is 4.88. The maximum atomic E-state index is 3.60. The van der Waals surface area contributed by atoms with Gasteiger partial charge in [0.2, 0.25) is 0 Å².